The summed E-state index contributed by atoms with van der Waals surface area (Å²) in [6.07, 6.45) is 48.4. The Kier molecular flexibility index (Phi) is 45.2. The first kappa shape index (κ1) is 56.4. The lowest BCUT2D eigenvalue weighted by Gasteiger charge is -2.18. The Balaban J connectivity index is 4.04. The molecule has 58 heavy (non-hydrogen) atoms. The van der Waals surface area contributed by atoms with Crippen LogP contribution in [0.1, 0.15) is 291 Å². The van der Waals surface area contributed by atoms with E-state index in [-0.39, 0.29) is 31.1 Å². The maximum atomic E-state index is 12.6. The molecule has 0 radical (unpaired) electrons. The molecule has 1 atom stereocenters. The van der Waals surface area contributed by atoms with Crippen LogP contribution in [0.2, 0.25) is 0 Å². The zero-order chi connectivity index (χ0) is 42.4. The van der Waals surface area contributed by atoms with E-state index in [0.29, 0.717) is 19.3 Å². The van der Waals surface area contributed by atoms with Gasteiger partial charge in [-0.05, 0) is 25.2 Å². The molecule has 0 aromatic carbocycles. The van der Waals surface area contributed by atoms with Crippen molar-refractivity contribution in [3.05, 3.63) is 0 Å². The van der Waals surface area contributed by atoms with Crippen LogP contribution in [0.5, 0.6) is 0 Å². The third kappa shape index (κ3) is 45.5. The molecular weight excluding hydrogens is 721 g/mol. The smallest absolute Gasteiger partial charge is 0.306 e. The molecule has 0 aliphatic carbocycles. The summed E-state index contributed by atoms with van der Waals surface area (Å²) in [5.41, 5.74) is 0. The third-order valence-corrected chi connectivity index (χ3v) is 11.8. The average Bonchev–Trinajstić information content (AvgIpc) is 3.21. The third-order valence-electron chi connectivity index (χ3n) is 11.8. The lowest BCUT2D eigenvalue weighted by Crippen LogP contribution is -2.30. The lowest BCUT2D eigenvalue weighted by molar-refractivity contribution is -0.167. The highest BCUT2D eigenvalue weighted by Gasteiger charge is 2.19. The van der Waals surface area contributed by atoms with E-state index in [1.165, 1.54) is 180 Å². The van der Waals surface area contributed by atoms with E-state index in [9.17, 15) is 14.4 Å². The number of unbranched alkanes of at least 4 members (excludes halogenated alkanes) is 34. The molecule has 0 spiro atoms. The second kappa shape index (κ2) is 46.5. The fourth-order valence-electron chi connectivity index (χ4n) is 7.86. The molecule has 0 rings (SSSR count). The van der Waals surface area contributed by atoms with Gasteiger partial charge in [-0.2, -0.15) is 0 Å². The van der Waals surface area contributed by atoms with Gasteiger partial charge in [0.25, 0.3) is 0 Å². The molecule has 0 aromatic heterocycles. The monoisotopic (exact) mass is 821 g/mol. The minimum atomic E-state index is -0.758. The minimum Gasteiger partial charge on any atom is -0.462 e. The van der Waals surface area contributed by atoms with Crippen molar-refractivity contribution in [2.24, 2.45) is 5.92 Å². The number of carbonyl (C=O) groups excluding carboxylic acids is 3. The van der Waals surface area contributed by atoms with Crippen molar-refractivity contribution in [2.45, 2.75) is 297 Å². The normalized spacial score (nSPS) is 11.9. The van der Waals surface area contributed by atoms with Crippen molar-refractivity contribution in [2.75, 3.05) is 13.2 Å². The SMILES string of the molecule is CCCCCCCCCCCCCCCCCCCCCC(=O)OC[C@@H](COC(=O)CCCCCCCCCCCCCCCC(C)C)OC(=O)CCCCCCC. The molecular formula is C52H100O6. The summed E-state index contributed by atoms with van der Waals surface area (Å²) >= 11 is 0. The first-order valence-electron chi connectivity index (χ1n) is 25.9. The molecule has 0 N–H and O–H groups in total. The van der Waals surface area contributed by atoms with E-state index in [1.54, 1.807) is 0 Å². The lowest BCUT2D eigenvalue weighted by atomic mass is 10.0. The van der Waals surface area contributed by atoms with E-state index in [1.807, 2.05) is 0 Å². The van der Waals surface area contributed by atoms with Crippen LogP contribution < -0.4 is 0 Å². The molecule has 0 fully saturated rings. The number of hydrogen-bond donors (Lipinski definition) is 0. The number of carbonyl (C=O) groups is 3. The summed E-state index contributed by atoms with van der Waals surface area (Å²) in [7, 11) is 0. The molecule has 0 heterocycles. The van der Waals surface area contributed by atoms with Gasteiger partial charge in [0, 0.05) is 19.3 Å². The minimum absolute atomic E-state index is 0.0644. The largest absolute Gasteiger partial charge is 0.462 e. The standard InChI is InChI=1S/C52H100O6/c1-5-7-9-11-12-13-14-15-16-17-18-19-20-23-26-29-32-36-39-43-50(53)56-46-49(58-52(55)45-41-34-10-8-6-2)47-57-51(54)44-40-37-33-30-27-24-21-22-25-28-31-35-38-42-48(3)4/h48-49H,5-47H2,1-4H3/t49-/m0/s1. The quantitative estimate of drug-likeness (QED) is 0.0346. The van der Waals surface area contributed by atoms with Gasteiger partial charge in [0.15, 0.2) is 6.10 Å². The second-order valence-electron chi connectivity index (χ2n) is 18.3. The van der Waals surface area contributed by atoms with Crippen molar-refractivity contribution in [1.82, 2.24) is 0 Å². The number of rotatable bonds is 47. The van der Waals surface area contributed by atoms with Crippen molar-refractivity contribution in [3.8, 4) is 0 Å². The molecule has 0 aromatic rings. The van der Waals surface area contributed by atoms with Crippen LogP contribution in [0.15, 0.2) is 0 Å². The molecule has 344 valence electrons. The van der Waals surface area contributed by atoms with Gasteiger partial charge in [0.1, 0.15) is 13.2 Å². The number of hydrogen-bond acceptors (Lipinski definition) is 6. The topological polar surface area (TPSA) is 78.9 Å². The molecule has 0 saturated heterocycles. The Labute approximate surface area is 361 Å². The highest BCUT2D eigenvalue weighted by Crippen LogP contribution is 2.17. The van der Waals surface area contributed by atoms with Crippen molar-refractivity contribution in [3.63, 3.8) is 0 Å². The molecule has 0 unspecified atom stereocenters. The van der Waals surface area contributed by atoms with E-state index in [4.69, 9.17) is 14.2 Å². The highest BCUT2D eigenvalue weighted by atomic mass is 16.6. The maximum Gasteiger partial charge on any atom is 0.306 e. The Morgan fingerprint density at radius 2 is 0.569 bits per heavy atom. The van der Waals surface area contributed by atoms with Crippen LogP contribution in [0.3, 0.4) is 0 Å². The highest BCUT2D eigenvalue weighted by molar-refractivity contribution is 5.71. The summed E-state index contributed by atoms with van der Waals surface area (Å²) in [5, 5.41) is 0. The second-order valence-corrected chi connectivity index (χ2v) is 18.3. The van der Waals surface area contributed by atoms with E-state index in [0.717, 1.165) is 70.1 Å². The van der Waals surface area contributed by atoms with E-state index < -0.39 is 6.10 Å². The number of esters is 3. The summed E-state index contributed by atoms with van der Waals surface area (Å²) < 4.78 is 16.7. The van der Waals surface area contributed by atoms with Crippen LogP contribution in [0.4, 0.5) is 0 Å². The number of ether oxygens (including phenoxy) is 3. The van der Waals surface area contributed by atoms with Crippen molar-refractivity contribution < 1.29 is 28.6 Å². The molecule has 0 saturated carbocycles. The Hall–Kier alpha value is -1.59. The Morgan fingerprint density at radius 1 is 0.328 bits per heavy atom. The van der Waals surface area contributed by atoms with Gasteiger partial charge < -0.3 is 14.2 Å². The van der Waals surface area contributed by atoms with E-state index in [2.05, 4.69) is 27.7 Å². The van der Waals surface area contributed by atoms with Gasteiger partial charge in [-0.1, -0.05) is 252 Å². The van der Waals surface area contributed by atoms with Crippen LogP contribution >= 0.6 is 0 Å². The van der Waals surface area contributed by atoms with Crippen LogP contribution in [0.25, 0.3) is 0 Å². The molecule has 6 nitrogen and oxygen atoms in total. The fraction of sp³-hybridized carbons (Fsp3) is 0.942. The van der Waals surface area contributed by atoms with Gasteiger partial charge in [0.05, 0.1) is 0 Å². The van der Waals surface area contributed by atoms with E-state index >= 15 is 0 Å². The predicted octanol–water partition coefficient (Wildman–Crippen LogP) is 16.7. The van der Waals surface area contributed by atoms with Gasteiger partial charge in [-0.3, -0.25) is 14.4 Å². The van der Waals surface area contributed by atoms with Crippen LogP contribution in [0, 0.1) is 5.92 Å². The molecule has 0 aliphatic heterocycles. The zero-order valence-corrected chi connectivity index (χ0v) is 39.5. The fourth-order valence-corrected chi connectivity index (χ4v) is 7.86. The van der Waals surface area contributed by atoms with Crippen LogP contribution in [-0.2, 0) is 28.6 Å². The Morgan fingerprint density at radius 3 is 0.845 bits per heavy atom. The molecule has 0 aliphatic rings. The summed E-state index contributed by atoms with van der Waals surface area (Å²) in [4.78, 5) is 37.6. The van der Waals surface area contributed by atoms with Crippen molar-refractivity contribution in [1.29, 1.82) is 0 Å². The first-order valence-corrected chi connectivity index (χ1v) is 25.9. The average molecular weight is 821 g/mol. The first-order chi connectivity index (χ1) is 28.4. The zero-order valence-electron chi connectivity index (χ0n) is 39.5. The van der Waals surface area contributed by atoms with Gasteiger partial charge in [-0.25, -0.2) is 0 Å². The summed E-state index contributed by atoms with van der Waals surface area (Å²) in [6.45, 7) is 8.95. The molecule has 0 amide bonds. The van der Waals surface area contributed by atoms with Gasteiger partial charge in [0.2, 0.25) is 0 Å². The van der Waals surface area contributed by atoms with Crippen LogP contribution in [-0.4, -0.2) is 37.2 Å². The maximum absolute atomic E-state index is 12.6. The van der Waals surface area contributed by atoms with Gasteiger partial charge in [-0.15, -0.1) is 0 Å². The molecule has 0 bridgehead atoms. The predicted molar refractivity (Wildman–Crippen MR) is 247 cm³/mol. The van der Waals surface area contributed by atoms with Gasteiger partial charge >= 0.3 is 17.9 Å². The summed E-state index contributed by atoms with van der Waals surface area (Å²) in [6, 6.07) is 0. The Bertz CT molecular complexity index is 872. The molecule has 6 heteroatoms. The van der Waals surface area contributed by atoms with Crippen molar-refractivity contribution >= 4 is 17.9 Å². The summed E-state index contributed by atoms with van der Waals surface area (Å²) in [5.74, 6) is -0.0208.